The normalized spacial score (nSPS) is 16.9. The minimum Gasteiger partial charge on any atom is -0.389 e. The topological polar surface area (TPSA) is 23.5 Å². The fourth-order valence-corrected chi connectivity index (χ4v) is 2.39. The second-order valence-electron chi connectivity index (χ2n) is 5.84. The van der Waals surface area contributed by atoms with Crippen molar-refractivity contribution in [3.8, 4) is 0 Å². The summed E-state index contributed by atoms with van der Waals surface area (Å²) >= 11 is 0. The Morgan fingerprint density at radius 3 is 2.44 bits per heavy atom. The van der Waals surface area contributed by atoms with Gasteiger partial charge in [0.1, 0.15) is 0 Å². The van der Waals surface area contributed by atoms with Gasteiger partial charge >= 0.3 is 0 Å². The van der Waals surface area contributed by atoms with Gasteiger partial charge in [-0.3, -0.25) is 0 Å². The highest BCUT2D eigenvalue weighted by molar-refractivity contribution is 5.56. The summed E-state index contributed by atoms with van der Waals surface area (Å²) in [5.74, 6) is 0.727. The molecule has 1 N–H and O–H groups in total. The summed E-state index contributed by atoms with van der Waals surface area (Å²) < 4.78 is 0. The number of para-hydroxylation sites is 1. The summed E-state index contributed by atoms with van der Waals surface area (Å²) in [7, 11) is 0. The SMILES string of the molecule is CC(C)CCN(c1ccccc1C(C)O)C1CC1. The molecule has 1 saturated carbocycles. The quantitative estimate of drug-likeness (QED) is 0.827. The van der Waals surface area contributed by atoms with Gasteiger partial charge in [-0.25, -0.2) is 0 Å². The van der Waals surface area contributed by atoms with Gasteiger partial charge in [0.05, 0.1) is 6.10 Å². The van der Waals surface area contributed by atoms with Crippen LogP contribution in [0.15, 0.2) is 24.3 Å². The fourth-order valence-electron chi connectivity index (χ4n) is 2.39. The van der Waals surface area contributed by atoms with Crippen molar-refractivity contribution in [1.82, 2.24) is 0 Å². The lowest BCUT2D eigenvalue weighted by atomic mass is 10.1. The first-order chi connectivity index (χ1) is 8.59. The van der Waals surface area contributed by atoms with Crippen LogP contribution in [0.5, 0.6) is 0 Å². The molecule has 0 bridgehead atoms. The Morgan fingerprint density at radius 2 is 1.89 bits per heavy atom. The number of aliphatic hydroxyl groups is 1. The Morgan fingerprint density at radius 1 is 1.22 bits per heavy atom. The molecule has 18 heavy (non-hydrogen) atoms. The highest BCUT2D eigenvalue weighted by Gasteiger charge is 2.30. The summed E-state index contributed by atoms with van der Waals surface area (Å²) in [5, 5.41) is 9.91. The average molecular weight is 247 g/mol. The number of hydrogen-bond acceptors (Lipinski definition) is 2. The van der Waals surface area contributed by atoms with Crippen LogP contribution in [0, 0.1) is 5.92 Å². The van der Waals surface area contributed by atoms with Crippen molar-refractivity contribution in [3.05, 3.63) is 29.8 Å². The van der Waals surface area contributed by atoms with Gasteiger partial charge in [0, 0.05) is 23.8 Å². The highest BCUT2D eigenvalue weighted by Crippen LogP contribution is 2.35. The van der Waals surface area contributed by atoms with Crippen molar-refractivity contribution in [2.75, 3.05) is 11.4 Å². The molecule has 1 aliphatic carbocycles. The van der Waals surface area contributed by atoms with Gasteiger partial charge in [0.25, 0.3) is 0 Å². The maximum absolute atomic E-state index is 9.91. The molecule has 1 atom stereocenters. The summed E-state index contributed by atoms with van der Waals surface area (Å²) in [6.45, 7) is 7.50. The minimum absolute atomic E-state index is 0.387. The van der Waals surface area contributed by atoms with E-state index >= 15 is 0 Å². The van der Waals surface area contributed by atoms with Crippen molar-refractivity contribution in [3.63, 3.8) is 0 Å². The Kier molecular flexibility index (Phi) is 4.28. The zero-order valence-corrected chi connectivity index (χ0v) is 11.8. The molecule has 1 aromatic rings. The molecule has 2 heteroatoms. The molecule has 1 aromatic carbocycles. The van der Waals surface area contributed by atoms with Gasteiger partial charge in [0.15, 0.2) is 0 Å². The first-order valence-electron chi connectivity index (χ1n) is 7.13. The lowest BCUT2D eigenvalue weighted by Gasteiger charge is -2.28. The molecule has 0 heterocycles. The van der Waals surface area contributed by atoms with Crippen molar-refractivity contribution in [1.29, 1.82) is 0 Å². The van der Waals surface area contributed by atoms with Crippen molar-refractivity contribution in [2.24, 2.45) is 5.92 Å². The Balaban J connectivity index is 2.19. The number of benzene rings is 1. The first kappa shape index (κ1) is 13.4. The van der Waals surface area contributed by atoms with Crippen LogP contribution < -0.4 is 4.90 Å². The molecule has 0 aromatic heterocycles. The van der Waals surface area contributed by atoms with Crippen molar-refractivity contribution < 1.29 is 5.11 Å². The van der Waals surface area contributed by atoms with Crippen LogP contribution in [0.25, 0.3) is 0 Å². The van der Waals surface area contributed by atoms with Gasteiger partial charge in [0.2, 0.25) is 0 Å². The van der Waals surface area contributed by atoms with Crippen LogP contribution in [0.1, 0.15) is 51.7 Å². The molecule has 2 nitrogen and oxygen atoms in total. The Hall–Kier alpha value is -1.02. The van der Waals surface area contributed by atoms with Gasteiger partial charge in [-0.15, -0.1) is 0 Å². The van der Waals surface area contributed by atoms with Crippen LogP contribution in [-0.2, 0) is 0 Å². The summed E-state index contributed by atoms with van der Waals surface area (Å²) in [6, 6.07) is 8.99. The average Bonchev–Trinajstić information content (AvgIpc) is 3.14. The predicted molar refractivity (Wildman–Crippen MR) is 76.9 cm³/mol. The van der Waals surface area contributed by atoms with E-state index < -0.39 is 0 Å². The van der Waals surface area contributed by atoms with Crippen LogP contribution >= 0.6 is 0 Å². The minimum atomic E-state index is -0.387. The lowest BCUT2D eigenvalue weighted by Crippen LogP contribution is -2.29. The molecule has 1 unspecified atom stereocenters. The van der Waals surface area contributed by atoms with Crippen LogP contribution in [0.2, 0.25) is 0 Å². The lowest BCUT2D eigenvalue weighted by molar-refractivity contribution is 0.199. The van der Waals surface area contributed by atoms with Crippen molar-refractivity contribution >= 4 is 5.69 Å². The highest BCUT2D eigenvalue weighted by atomic mass is 16.3. The zero-order chi connectivity index (χ0) is 13.1. The summed E-state index contributed by atoms with van der Waals surface area (Å²) in [4.78, 5) is 2.50. The van der Waals surface area contributed by atoms with Crippen LogP contribution in [0.3, 0.4) is 0 Å². The van der Waals surface area contributed by atoms with E-state index in [9.17, 15) is 5.11 Å². The Bertz CT molecular complexity index is 382. The third kappa shape index (κ3) is 3.26. The largest absolute Gasteiger partial charge is 0.389 e. The maximum Gasteiger partial charge on any atom is 0.0781 e. The summed E-state index contributed by atoms with van der Waals surface area (Å²) in [6.07, 6.45) is 3.42. The van der Waals surface area contributed by atoms with E-state index in [1.165, 1.54) is 24.9 Å². The van der Waals surface area contributed by atoms with E-state index in [1.807, 2.05) is 19.1 Å². The van der Waals surface area contributed by atoms with E-state index in [0.717, 1.165) is 18.0 Å². The number of hydrogen-bond donors (Lipinski definition) is 1. The standard InChI is InChI=1S/C16H25NO/c1-12(2)10-11-17(14-8-9-14)16-7-5-4-6-15(16)13(3)18/h4-7,12-14,18H,8-11H2,1-3H3. The molecule has 0 amide bonds. The smallest absolute Gasteiger partial charge is 0.0781 e. The zero-order valence-electron chi connectivity index (χ0n) is 11.8. The van der Waals surface area contributed by atoms with Gasteiger partial charge in [-0.05, 0) is 38.2 Å². The maximum atomic E-state index is 9.91. The molecule has 0 saturated heterocycles. The number of rotatable bonds is 6. The second kappa shape index (κ2) is 5.75. The molecule has 0 spiro atoms. The predicted octanol–water partition coefficient (Wildman–Crippen LogP) is 3.75. The van der Waals surface area contributed by atoms with E-state index in [-0.39, 0.29) is 6.10 Å². The molecule has 0 aliphatic heterocycles. The molecule has 2 rings (SSSR count). The van der Waals surface area contributed by atoms with E-state index in [1.54, 1.807) is 0 Å². The monoisotopic (exact) mass is 247 g/mol. The molecular weight excluding hydrogens is 222 g/mol. The van der Waals surface area contributed by atoms with Crippen molar-refractivity contribution in [2.45, 2.75) is 52.2 Å². The molecule has 100 valence electrons. The van der Waals surface area contributed by atoms with Crippen LogP contribution in [-0.4, -0.2) is 17.7 Å². The van der Waals surface area contributed by atoms with Crippen LogP contribution in [0.4, 0.5) is 5.69 Å². The van der Waals surface area contributed by atoms with Gasteiger partial charge < -0.3 is 10.0 Å². The molecular formula is C16H25NO. The molecule has 1 fully saturated rings. The number of anilines is 1. The Labute approximate surface area is 111 Å². The first-order valence-corrected chi connectivity index (χ1v) is 7.13. The molecule has 0 radical (unpaired) electrons. The number of aliphatic hydroxyl groups excluding tert-OH is 1. The van der Waals surface area contributed by atoms with Gasteiger partial charge in [-0.2, -0.15) is 0 Å². The van der Waals surface area contributed by atoms with E-state index in [2.05, 4.69) is 30.9 Å². The second-order valence-corrected chi connectivity index (χ2v) is 5.84. The number of nitrogens with zero attached hydrogens (tertiary/aromatic N) is 1. The fraction of sp³-hybridized carbons (Fsp3) is 0.625. The van der Waals surface area contributed by atoms with Gasteiger partial charge in [-0.1, -0.05) is 32.0 Å². The third-order valence-electron chi connectivity index (χ3n) is 3.63. The van der Waals surface area contributed by atoms with E-state index in [4.69, 9.17) is 0 Å². The third-order valence-corrected chi connectivity index (χ3v) is 3.63. The van der Waals surface area contributed by atoms with E-state index in [0.29, 0.717) is 6.04 Å². The molecule has 1 aliphatic rings. The summed E-state index contributed by atoms with van der Waals surface area (Å²) in [5.41, 5.74) is 2.30.